The Morgan fingerprint density at radius 2 is 1.95 bits per heavy atom. The van der Waals surface area contributed by atoms with Gasteiger partial charge in [-0.05, 0) is 26.7 Å². The van der Waals surface area contributed by atoms with Crippen LogP contribution >= 0.6 is 0 Å². The van der Waals surface area contributed by atoms with Crippen LogP contribution in [0, 0.1) is 5.92 Å². The van der Waals surface area contributed by atoms with Gasteiger partial charge in [0.2, 0.25) is 11.8 Å². The number of nitrogens with one attached hydrogen (secondary N) is 1. The number of amides is 2. The highest BCUT2D eigenvalue weighted by molar-refractivity contribution is 5.90. The lowest BCUT2D eigenvalue weighted by atomic mass is 9.84. The lowest BCUT2D eigenvalue weighted by Gasteiger charge is -2.32. The van der Waals surface area contributed by atoms with Crippen molar-refractivity contribution >= 4 is 17.8 Å². The molecule has 0 heterocycles. The van der Waals surface area contributed by atoms with Crippen molar-refractivity contribution in [2.75, 3.05) is 13.1 Å². The van der Waals surface area contributed by atoms with Crippen molar-refractivity contribution in [1.29, 1.82) is 0 Å². The van der Waals surface area contributed by atoms with Crippen LogP contribution < -0.4 is 5.32 Å². The second-order valence-corrected chi connectivity index (χ2v) is 4.88. The average molecular weight is 282 g/mol. The molecule has 1 rings (SSSR count). The van der Waals surface area contributed by atoms with Crippen molar-refractivity contribution in [3.8, 4) is 0 Å². The zero-order chi connectivity index (χ0) is 15.3. The van der Waals surface area contributed by atoms with Crippen molar-refractivity contribution in [2.45, 2.75) is 39.7 Å². The lowest BCUT2D eigenvalue weighted by Crippen LogP contribution is -2.48. The van der Waals surface area contributed by atoms with Gasteiger partial charge in [-0.15, -0.1) is 0 Å². The summed E-state index contributed by atoms with van der Waals surface area (Å²) in [4.78, 5) is 36.4. The summed E-state index contributed by atoms with van der Waals surface area (Å²) in [7, 11) is 0. The third-order valence-corrected chi connectivity index (χ3v) is 3.56. The molecule has 0 spiro atoms. The third-order valence-electron chi connectivity index (χ3n) is 3.56. The highest BCUT2D eigenvalue weighted by atomic mass is 16.4. The number of carbonyl (C=O) groups is 3. The lowest BCUT2D eigenvalue weighted by molar-refractivity contribution is -0.135. The Labute approximate surface area is 118 Å². The summed E-state index contributed by atoms with van der Waals surface area (Å²) >= 11 is 0. The largest absolute Gasteiger partial charge is 0.478 e. The first-order valence-electron chi connectivity index (χ1n) is 6.90. The molecule has 0 bridgehead atoms. The Balaban J connectivity index is 3.02. The SMILES string of the molecule is CCN(CC)C(=O)[C@@H]1C=C(C(=O)O)CC[C@H]1NC(C)=O. The van der Waals surface area contributed by atoms with E-state index in [0.29, 0.717) is 25.9 Å². The van der Waals surface area contributed by atoms with Gasteiger partial charge in [0, 0.05) is 31.6 Å². The summed E-state index contributed by atoms with van der Waals surface area (Å²) < 4.78 is 0. The molecule has 2 atom stereocenters. The highest BCUT2D eigenvalue weighted by Gasteiger charge is 2.34. The summed E-state index contributed by atoms with van der Waals surface area (Å²) in [6, 6.07) is -0.330. The first kappa shape index (κ1) is 16.2. The molecule has 2 amide bonds. The zero-order valence-corrected chi connectivity index (χ0v) is 12.2. The van der Waals surface area contributed by atoms with Gasteiger partial charge in [-0.1, -0.05) is 6.08 Å². The predicted octanol–water partition coefficient (Wildman–Crippen LogP) is 0.780. The molecule has 1 aliphatic rings. The summed E-state index contributed by atoms with van der Waals surface area (Å²) in [5.74, 6) is -1.94. The highest BCUT2D eigenvalue weighted by Crippen LogP contribution is 2.25. The van der Waals surface area contributed by atoms with E-state index in [1.807, 2.05) is 13.8 Å². The van der Waals surface area contributed by atoms with Gasteiger partial charge in [0.05, 0.1) is 5.92 Å². The van der Waals surface area contributed by atoms with E-state index in [1.54, 1.807) is 4.90 Å². The van der Waals surface area contributed by atoms with E-state index >= 15 is 0 Å². The van der Waals surface area contributed by atoms with Gasteiger partial charge in [-0.3, -0.25) is 9.59 Å². The molecule has 2 N–H and O–H groups in total. The maximum Gasteiger partial charge on any atom is 0.331 e. The maximum atomic E-state index is 12.5. The van der Waals surface area contributed by atoms with E-state index in [0.717, 1.165) is 0 Å². The van der Waals surface area contributed by atoms with E-state index in [2.05, 4.69) is 5.32 Å². The molecule has 0 saturated heterocycles. The number of aliphatic carboxylic acids is 1. The Bertz CT molecular complexity index is 427. The van der Waals surface area contributed by atoms with Crippen LogP contribution in [0.3, 0.4) is 0 Å². The first-order valence-corrected chi connectivity index (χ1v) is 6.90. The van der Waals surface area contributed by atoms with Crippen LogP contribution in [0.2, 0.25) is 0 Å². The summed E-state index contributed by atoms with van der Waals surface area (Å²) in [5, 5.41) is 11.8. The van der Waals surface area contributed by atoms with Gasteiger partial charge in [-0.2, -0.15) is 0 Å². The second kappa shape index (κ2) is 7.07. The molecule has 6 nitrogen and oxygen atoms in total. The number of rotatable bonds is 5. The number of nitrogens with zero attached hydrogens (tertiary/aromatic N) is 1. The van der Waals surface area contributed by atoms with Crippen LogP contribution in [0.4, 0.5) is 0 Å². The molecule has 0 fully saturated rings. The molecule has 0 saturated carbocycles. The Hall–Kier alpha value is -1.85. The van der Waals surface area contributed by atoms with Crippen molar-refractivity contribution in [1.82, 2.24) is 10.2 Å². The minimum atomic E-state index is -0.997. The molecule has 0 aromatic carbocycles. The zero-order valence-electron chi connectivity index (χ0n) is 12.2. The molecule has 20 heavy (non-hydrogen) atoms. The number of carboxylic acid groups (broad SMARTS) is 1. The molecule has 1 aliphatic carbocycles. The van der Waals surface area contributed by atoms with Crippen LogP contribution in [0.5, 0.6) is 0 Å². The summed E-state index contributed by atoms with van der Waals surface area (Å²) in [5.41, 5.74) is 0.247. The first-order chi connectivity index (χ1) is 9.40. The Morgan fingerprint density at radius 1 is 1.35 bits per heavy atom. The molecule has 6 heteroatoms. The van der Waals surface area contributed by atoms with E-state index in [-0.39, 0.29) is 23.4 Å². The normalized spacial score (nSPS) is 21.9. The minimum absolute atomic E-state index is 0.132. The van der Waals surface area contributed by atoms with Crippen molar-refractivity contribution in [3.63, 3.8) is 0 Å². The number of carboxylic acids is 1. The van der Waals surface area contributed by atoms with Crippen molar-refractivity contribution < 1.29 is 19.5 Å². The van der Waals surface area contributed by atoms with Crippen molar-refractivity contribution in [3.05, 3.63) is 11.6 Å². The molecule has 112 valence electrons. The number of carbonyl (C=O) groups excluding carboxylic acids is 2. The van der Waals surface area contributed by atoms with Crippen LogP contribution in [-0.2, 0) is 14.4 Å². The molecule has 0 unspecified atom stereocenters. The number of hydrogen-bond donors (Lipinski definition) is 2. The molecule has 0 aliphatic heterocycles. The second-order valence-electron chi connectivity index (χ2n) is 4.88. The van der Waals surface area contributed by atoms with Gasteiger partial charge in [0.1, 0.15) is 0 Å². The summed E-state index contributed by atoms with van der Waals surface area (Å²) in [6.07, 6.45) is 2.32. The van der Waals surface area contributed by atoms with Gasteiger partial charge in [0.25, 0.3) is 0 Å². The van der Waals surface area contributed by atoms with E-state index in [9.17, 15) is 14.4 Å². The van der Waals surface area contributed by atoms with Crippen molar-refractivity contribution in [2.24, 2.45) is 5.92 Å². The molecule has 0 aromatic heterocycles. The fourth-order valence-corrected chi connectivity index (χ4v) is 2.50. The predicted molar refractivity (Wildman–Crippen MR) is 74.0 cm³/mol. The minimum Gasteiger partial charge on any atom is -0.478 e. The van der Waals surface area contributed by atoms with Gasteiger partial charge in [0.15, 0.2) is 0 Å². The van der Waals surface area contributed by atoms with Gasteiger partial charge >= 0.3 is 5.97 Å². The Morgan fingerprint density at radius 3 is 2.40 bits per heavy atom. The quantitative estimate of drug-likeness (QED) is 0.780. The summed E-state index contributed by atoms with van der Waals surface area (Å²) in [6.45, 7) is 6.28. The molecule has 0 aromatic rings. The fourth-order valence-electron chi connectivity index (χ4n) is 2.50. The standard InChI is InChI=1S/C14H22N2O4/c1-4-16(5-2)13(18)11-8-10(14(19)20)6-7-12(11)15-9(3)17/h8,11-12H,4-7H2,1-3H3,(H,15,17)(H,19,20)/t11-,12-/m1/s1. The van der Waals surface area contributed by atoms with Gasteiger partial charge < -0.3 is 15.3 Å². The van der Waals surface area contributed by atoms with Crippen LogP contribution in [0.25, 0.3) is 0 Å². The monoisotopic (exact) mass is 282 g/mol. The van der Waals surface area contributed by atoms with E-state index in [4.69, 9.17) is 5.11 Å². The molecular weight excluding hydrogens is 260 g/mol. The Kier molecular flexibility index (Phi) is 5.73. The van der Waals surface area contributed by atoms with Crippen LogP contribution in [0.1, 0.15) is 33.6 Å². The topological polar surface area (TPSA) is 86.7 Å². The van der Waals surface area contributed by atoms with Crippen LogP contribution in [-0.4, -0.2) is 46.9 Å². The molecular formula is C14H22N2O4. The van der Waals surface area contributed by atoms with E-state index < -0.39 is 11.9 Å². The third kappa shape index (κ3) is 3.82. The van der Waals surface area contributed by atoms with Crippen LogP contribution in [0.15, 0.2) is 11.6 Å². The smallest absolute Gasteiger partial charge is 0.331 e. The molecule has 0 radical (unpaired) electrons. The fraction of sp³-hybridized carbons (Fsp3) is 0.643. The van der Waals surface area contributed by atoms with Gasteiger partial charge in [-0.25, -0.2) is 4.79 Å². The maximum absolute atomic E-state index is 12.5. The number of hydrogen-bond acceptors (Lipinski definition) is 3. The van der Waals surface area contributed by atoms with E-state index in [1.165, 1.54) is 13.0 Å². The average Bonchev–Trinajstić information content (AvgIpc) is 2.39.